The van der Waals surface area contributed by atoms with E-state index in [2.05, 4.69) is 6.92 Å². The number of hydrogen-bond acceptors (Lipinski definition) is 4. The fraction of sp³-hybridized carbons (Fsp3) is 0.882. The molecule has 1 amide bonds. The lowest BCUT2D eigenvalue weighted by molar-refractivity contribution is -0.150. The molecular weight excluding hydrogens is 282 g/mol. The van der Waals surface area contributed by atoms with Crippen LogP contribution in [-0.4, -0.2) is 43.3 Å². The van der Waals surface area contributed by atoms with Gasteiger partial charge in [-0.15, -0.1) is 0 Å². The predicted molar refractivity (Wildman–Crippen MR) is 85.6 cm³/mol. The van der Waals surface area contributed by atoms with Gasteiger partial charge in [0.05, 0.1) is 19.1 Å². The molecule has 0 unspecified atom stereocenters. The first-order valence-corrected chi connectivity index (χ1v) is 8.63. The first-order chi connectivity index (χ1) is 10.5. The molecule has 5 nitrogen and oxygen atoms in total. The lowest BCUT2D eigenvalue weighted by Gasteiger charge is -2.30. The quantitative estimate of drug-likeness (QED) is 0.507. The van der Waals surface area contributed by atoms with Crippen LogP contribution in [0, 0.1) is 11.8 Å². The summed E-state index contributed by atoms with van der Waals surface area (Å²) in [4.78, 5) is 25.5. The number of unbranched alkanes of at least 4 members (excludes halogenated alkanes) is 3. The molecule has 0 aromatic carbocycles. The molecule has 0 bridgehead atoms. The monoisotopic (exact) mass is 313 g/mol. The Balaban J connectivity index is 2.18. The number of rotatable bonds is 8. The molecule has 128 valence electrons. The second-order valence-corrected chi connectivity index (χ2v) is 6.46. The highest BCUT2D eigenvalue weighted by molar-refractivity contribution is 5.73. The second-order valence-electron chi connectivity index (χ2n) is 6.46. The highest BCUT2D eigenvalue weighted by atomic mass is 16.6. The number of piperidine rings is 1. The van der Waals surface area contributed by atoms with Gasteiger partial charge in [0.1, 0.15) is 0 Å². The van der Waals surface area contributed by atoms with Crippen molar-refractivity contribution in [2.75, 3.05) is 26.3 Å². The first-order valence-electron chi connectivity index (χ1n) is 8.63. The maximum Gasteiger partial charge on any atom is 0.409 e. The largest absolute Gasteiger partial charge is 0.465 e. The van der Waals surface area contributed by atoms with E-state index >= 15 is 0 Å². The lowest BCUT2D eigenvalue weighted by Crippen LogP contribution is -2.41. The van der Waals surface area contributed by atoms with Gasteiger partial charge in [0.15, 0.2) is 0 Å². The molecular formula is C17H31NO4. The molecule has 1 rings (SSSR count). The molecule has 1 aliphatic rings. The van der Waals surface area contributed by atoms with Crippen LogP contribution in [0.15, 0.2) is 0 Å². The Labute approximate surface area is 134 Å². The molecule has 1 aliphatic heterocycles. The van der Waals surface area contributed by atoms with Crippen molar-refractivity contribution in [2.24, 2.45) is 11.8 Å². The Kier molecular flexibility index (Phi) is 8.94. The number of nitrogens with zero attached hydrogens (tertiary/aromatic N) is 1. The molecule has 5 heteroatoms. The third kappa shape index (κ3) is 7.14. The van der Waals surface area contributed by atoms with E-state index < -0.39 is 0 Å². The van der Waals surface area contributed by atoms with Crippen molar-refractivity contribution in [2.45, 2.75) is 59.3 Å². The van der Waals surface area contributed by atoms with Gasteiger partial charge in [-0.05, 0) is 25.2 Å². The van der Waals surface area contributed by atoms with Gasteiger partial charge < -0.3 is 14.4 Å². The zero-order chi connectivity index (χ0) is 16.4. The predicted octanol–water partition coefficient (Wildman–Crippen LogP) is 3.61. The first kappa shape index (κ1) is 18.8. The van der Waals surface area contributed by atoms with Gasteiger partial charge in [0, 0.05) is 13.1 Å². The maximum absolute atomic E-state index is 12.0. The number of carbonyl (C=O) groups excluding carboxylic acids is 2. The van der Waals surface area contributed by atoms with Gasteiger partial charge in [-0.25, -0.2) is 4.79 Å². The summed E-state index contributed by atoms with van der Waals surface area (Å²) in [5.74, 6) is 0.163. The number of esters is 1. The minimum Gasteiger partial charge on any atom is -0.465 e. The zero-order valence-corrected chi connectivity index (χ0v) is 14.3. The Morgan fingerprint density at radius 1 is 1.09 bits per heavy atom. The summed E-state index contributed by atoms with van der Waals surface area (Å²) in [5.41, 5.74) is 0. The molecule has 0 radical (unpaired) electrons. The summed E-state index contributed by atoms with van der Waals surface area (Å²) in [5, 5.41) is 0. The lowest BCUT2D eigenvalue weighted by atomic mass is 9.97. The Morgan fingerprint density at radius 2 is 1.77 bits per heavy atom. The molecule has 0 aromatic heterocycles. The van der Waals surface area contributed by atoms with Crippen molar-refractivity contribution < 1.29 is 19.1 Å². The van der Waals surface area contributed by atoms with E-state index in [9.17, 15) is 9.59 Å². The van der Waals surface area contributed by atoms with E-state index in [1.54, 1.807) is 4.90 Å². The van der Waals surface area contributed by atoms with Gasteiger partial charge in [0.25, 0.3) is 0 Å². The second kappa shape index (κ2) is 10.5. The van der Waals surface area contributed by atoms with Crippen molar-refractivity contribution in [3.8, 4) is 0 Å². The molecule has 0 saturated carbocycles. The van der Waals surface area contributed by atoms with Crippen LogP contribution >= 0.6 is 0 Å². The molecule has 1 fully saturated rings. The third-order valence-corrected chi connectivity index (χ3v) is 3.87. The van der Waals surface area contributed by atoms with Crippen LogP contribution in [0.25, 0.3) is 0 Å². The van der Waals surface area contributed by atoms with Crippen LogP contribution < -0.4 is 0 Å². The van der Waals surface area contributed by atoms with Crippen LogP contribution in [0.2, 0.25) is 0 Å². The summed E-state index contributed by atoms with van der Waals surface area (Å²) >= 11 is 0. The maximum atomic E-state index is 12.0. The van der Waals surface area contributed by atoms with E-state index in [1.165, 1.54) is 12.8 Å². The molecule has 0 aliphatic carbocycles. The summed E-state index contributed by atoms with van der Waals surface area (Å²) in [6.07, 6.45) is 5.51. The molecule has 1 heterocycles. The summed E-state index contributed by atoms with van der Waals surface area (Å²) in [6, 6.07) is 0. The average molecular weight is 313 g/mol. The Morgan fingerprint density at radius 3 is 2.36 bits per heavy atom. The van der Waals surface area contributed by atoms with Gasteiger partial charge in [-0.1, -0.05) is 40.0 Å². The molecule has 0 spiro atoms. The number of carbonyl (C=O) groups is 2. The van der Waals surface area contributed by atoms with Crippen LogP contribution in [0.5, 0.6) is 0 Å². The van der Waals surface area contributed by atoms with Crippen molar-refractivity contribution in [1.29, 1.82) is 0 Å². The molecule has 22 heavy (non-hydrogen) atoms. The standard InChI is InChI=1S/C17H31NO4/c1-4-5-6-7-12-21-16(19)15-8-10-18(11-9-15)17(20)22-13-14(2)3/h14-15H,4-13H2,1-3H3. The molecule has 0 atom stereocenters. The Hall–Kier alpha value is -1.26. The fourth-order valence-electron chi connectivity index (χ4n) is 2.45. The SMILES string of the molecule is CCCCCCOC(=O)C1CCN(C(=O)OCC(C)C)CC1. The fourth-order valence-corrected chi connectivity index (χ4v) is 2.45. The van der Waals surface area contributed by atoms with Crippen molar-refractivity contribution >= 4 is 12.1 Å². The smallest absolute Gasteiger partial charge is 0.409 e. The number of hydrogen-bond donors (Lipinski definition) is 0. The minimum absolute atomic E-state index is 0.0691. The van der Waals surface area contributed by atoms with Crippen molar-refractivity contribution in [3.05, 3.63) is 0 Å². The number of likely N-dealkylation sites (tertiary alicyclic amines) is 1. The highest BCUT2D eigenvalue weighted by Crippen LogP contribution is 2.19. The van der Waals surface area contributed by atoms with E-state index in [1.807, 2.05) is 13.8 Å². The van der Waals surface area contributed by atoms with Gasteiger partial charge >= 0.3 is 12.1 Å². The van der Waals surface area contributed by atoms with E-state index in [4.69, 9.17) is 9.47 Å². The molecule has 0 N–H and O–H groups in total. The zero-order valence-electron chi connectivity index (χ0n) is 14.3. The van der Waals surface area contributed by atoms with E-state index in [0.29, 0.717) is 45.1 Å². The van der Waals surface area contributed by atoms with Crippen molar-refractivity contribution in [3.63, 3.8) is 0 Å². The van der Waals surface area contributed by atoms with Crippen LogP contribution in [0.4, 0.5) is 4.79 Å². The summed E-state index contributed by atoms with van der Waals surface area (Å²) < 4.78 is 10.5. The number of amides is 1. The van der Waals surface area contributed by atoms with E-state index in [0.717, 1.165) is 12.8 Å². The van der Waals surface area contributed by atoms with Crippen LogP contribution in [-0.2, 0) is 14.3 Å². The highest BCUT2D eigenvalue weighted by Gasteiger charge is 2.28. The third-order valence-electron chi connectivity index (χ3n) is 3.87. The Bertz CT molecular complexity index is 336. The van der Waals surface area contributed by atoms with Crippen molar-refractivity contribution in [1.82, 2.24) is 4.90 Å². The average Bonchev–Trinajstić information content (AvgIpc) is 2.52. The minimum atomic E-state index is -0.264. The van der Waals surface area contributed by atoms with E-state index in [-0.39, 0.29) is 18.0 Å². The topological polar surface area (TPSA) is 55.8 Å². The summed E-state index contributed by atoms with van der Waals surface area (Å²) in [6.45, 7) is 8.30. The number of ether oxygens (including phenoxy) is 2. The van der Waals surface area contributed by atoms with Gasteiger partial charge in [-0.3, -0.25) is 4.79 Å². The van der Waals surface area contributed by atoms with Gasteiger partial charge in [-0.2, -0.15) is 0 Å². The van der Waals surface area contributed by atoms with Crippen LogP contribution in [0.1, 0.15) is 59.3 Å². The normalized spacial score (nSPS) is 15.9. The molecule has 0 aromatic rings. The van der Waals surface area contributed by atoms with Gasteiger partial charge in [0.2, 0.25) is 0 Å². The van der Waals surface area contributed by atoms with Crippen LogP contribution in [0.3, 0.4) is 0 Å². The summed E-state index contributed by atoms with van der Waals surface area (Å²) in [7, 11) is 0. The molecule has 1 saturated heterocycles.